The zero-order valence-corrected chi connectivity index (χ0v) is 14.4. The molecule has 1 heterocycles. The van der Waals surface area contributed by atoms with Crippen LogP contribution in [0.15, 0.2) is 54.6 Å². The van der Waals surface area contributed by atoms with E-state index in [1.165, 1.54) is 11.6 Å². The average Bonchev–Trinajstić information content (AvgIpc) is 3.11. The van der Waals surface area contributed by atoms with Gasteiger partial charge in [0.2, 0.25) is 5.91 Å². The van der Waals surface area contributed by atoms with Crippen LogP contribution in [0, 0.1) is 16.0 Å². The maximum atomic E-state index is 12.6. The van der Waals surface area contributed by atoms with Crippen molar-refractivity contribution in [1.82, 2.24) is 4.90 Å². The topological polar surface area (TPSA) is 102 Å². The molecular weight excluding hydrogens is 332 g/mol. The summed E-state index contributed by atoms with van der Waals surface area (Å²) in [5, 5.41) is 14.0. The van der Waals surface area contributed by atoms with E-state index in [1.807, 2.05) is 18.2 Å². The number of hydrogen-bond acceptors (Lipinski definition) is 5. The highest BCUT2D eigenvalue weighted by molar-refractivity contribution is 5.82. The average molecular weight is 354 g/mol. The second-order valence-corrected chi connectivity index (χ2v) is 6.44. The molecule has 0 aromatic heterocycles. The molecule has 7 heteroatoms. The molecule has 0 spiro atoms. The Hall–Kier alpha value is -2.93. The van der Waals surface area contributed by atoms with E-state index in [2.05, 4.69) is 17.4 Å². The molecule has 7 nitrogen and oxygen atoms in total. The SMILES string of the molecule is NC[C@@H]1CN(C(=O)CNc2ccccc2[N+](=O)[O-])C[C@H]1c1ccccc1. The van der Waals surface area contributed by atoms with Gasteiger partial charge >= 0.3 is 0 Å². The smallest absolute Gasteiger partial charge is 0.292 e. The van der Waals surface area contributed by atoms with Crippen molar-refractivity contribution >= 4 is 17.3 Å². The summed E-state index contributed by atoms with van der Waals surface area (Å²) in [5.41, 5.74) is 7.41. The van der Waals surface area contributed by atoms with Gasteiger partial charge in [-0.3, -0.25) is 14.9 Å². The predicted octanol–water partition coefficient (Wildman–Crippen LogP) is 2.21. The molecule has 136 valence electrons. The Morgan fingerprint density at radius 2 is 1.85 bits per heavy atom. The standard InChI is InChI=1S/C19H22N4O3/c20-10-15-12-22(13-16(15)14-6-2-1-3-7-14)19(24)11-21-17-8-4-5-9-18(17)23(25)26/h1-9,15-16,21H,10-13,20H2/t15-,16+/m1/s1. The summed E-state index contributed by atoms with van der Waals surface area (Å²) >= 11 is 0. The first-order chi connectivity index (χ1) is 12.6. The van der Waals surface area contributed by atoms with Crippen molar-refractivity contribution < 1.29 is 9.72 Å². The number of nitro groups is 1. The zero-order chi connectivity index (χ0) is 18.5. The van der Waals surface area contributed by atoms with Crippen LogP contribution in [-0.4, -0.2) is 41.9 Å². The van der Waals surface area contributed by atoms with E-state index >= 15 is 0 Å². The molecule has 26 heavy (non-hydrogen) atoms. The molecule has 1 aliphatic rings. The molecule has 2 aromatic rings. The van der Waals surface area contributed by atoms with Gasteiger partial charge in [0.25, 0.3) is 5.69 Å². The summed E-state index contributed by atoms with van der Waals surface area (Å²) in [6.07, 6.45) is 0. The highest BCUT2D eigenvalue weighted by Gasteiger charge is 2.35. The van der Waals surface area contributed by atoms with Crippen molar-refractivity contribution in [3.05, 3.63) is 70.3 Å². The molecule has 3 N–H and O–H groups in total. The second kappa shape index (κ2) is 7.97. The van der Waals surface area contributed by atoms with Gasteiger partial charge in [0, 0.05) is 25.1 Å². The fourth-order valence-corrected chi connectivity index (χ4v) is 3.46. The molecule has 0 saturated carbocycles. The van der Waals surface area contributed by atoms with Gasteiger partial charge < -0.3 is 16.0 Å². The van der Waals surface area contributed by atoms with Crippen molar-refractivity contribution in [3.8, 4) is 0 Å². The van der Waals surface area contributed by atoms with Crippen LogP contribution < -0.4 is 11.1 Å². The van der Waals surface area contributed by atoms with Crippen LogP contribution in [0.1, 0.15) is 11.5 Å². The molecular formula is C19H22N4O3. The van der Waals surface area contributed by atoms with Crippen LogP contribution in [-0.2, 0) is 4.79 Å². The van der Waals surface area contributed by atoms with Crippen LogP contribution in [0.25, 0.3) is 0 Å². The number of anilines is 1. The Kier molecular flexibility index (Phi) is 5.48. The van der Waals surface area contributed by atoms with Crippen LogP contribution in [0.3, 0.4) is 0 Å². The van der Waals surface area contributed by atoms with Crippen molar-refractivity contribution in [1.29, 1.82) is 0 Å². The maximum Gasteiger partial charge on any atom is 0.292 e. The van der Waals surface area contributed by atoms with Gasteiger partial charge in [-0.25, -0.2) is 0 Å². The van der Waals surface area contributed by atoms with Gasteiger partial charge in [0.1, 0.15) is 5.69 Å². The third-order valence-electron chi connectivity index (χ3n) is 4.86. The number of likely N-dealkylation sites (tertiary alicyclic amines) is 1. The summed E-state index contributed by atoms with van der Waals surface area (Å²) in [4.78, 5) is 25.0. The van der Waals surface area contributed by atoms with Crippen LogP contribution in [0.2, 0.25) is 0 Å². The minimum atomic E-state index is -0.460. The number of nitrogens with two attached hydrogens (primary N) is 1. The molecule has 1 fully saturated rings. The third-order valence-corrected chi connectivity index (χ3v) is 4.86. The highest BCUT2D eigenvalue weighted by Crippen LogP contribution is 2.32. The van der Waals surface area contributed by atoms with E-state index in [9.17, 15) is 14.9 Å². The summed E-state index contributed by atoms with van der Waals surface area (Å²) in [7, 11) is 0. The number of benzene rings is 2. The number of nitro benzene ring substituents is 1. The lowest BCUT2D eigenvalue weighted by molar-refractivity contribution is -0.383. The monoisotopic (exact) mass is 354 g/mol. The van der Waals surface area contributed by atoms with Crippen LogP contribution >= 0.6 is 0 Å². The lowest BCUT2D eigenvalue weighted by Crippen LogP contribution is -2.34. The van der Waals surface area contributed by atoms with E-state index < -0.39 is 4.92 Å². The van der Waals surface area contributed by atoms with Gasteiger partial charge in [-0.1, -0.05) is 42.5 Å². The first-order valence-electron chi connectivity index (χ1n) is 8.60. The van der Waals surface area contributed by atoms with E-state index in [0.29, 0.717) is 25.3 Å². The molecule has 3 rings (SSSR count). The first-order valence-corrected chi connectivity index (χ1v) is 8.60. The van der Waals surface area contributed by atoms with Gasteiger partial charge in [0.15, 0.2) is 0 Å². The van der Waals surface area contributed by atoms with Gasteiger partial charge in [0.05, 0.1) is 11.5 Å². The van der Waals surface area contributed by atoms with E-state index in [4.69, 9.17) is 5.73 Å². The summed E-state index contributed by atoms with van der Waals surface area (Å²) in [5.74, 6) is 0.351. The van der Waals surface area contributed by atoms with Gasteiger partial charge in [-0.05, 0) is 24.1 Å². The summed E-state index contributed by atoms with van der Waals surface area (Å²) in [6.45, 7) is 1.75. The number of rotatable bonds is 6. The van der Waals surface area contributed by atoms with Crippen LogP contribution in [0.4, 0.5) is 11.4 Å². The molecule has 0 bridgehead atoms. The number of nitrogens with one attached hydrogen (secondary N) is 1. The summed E-state index contributed by atoms with van der Waals surface area (Å²) in [6, 6.07) is 16.4. The van der Waals surface area contributed by atoms with E-state index in [-0.39, 0.29) is 30.0 Å². The number of hydrogen-bond donors (Lipinski definition) is 2. The van der Waals surface area contributed by atoms with Gasteiger partial charge in [-0.2, -0.15) is 0 Å². The predicted molar refractivity (Wildman–Crippen MR) is 99.9 cm³/mol. The molecule has 0 radical (unpaired) electrons. The fourth-order valence-electron chi connectivity index (χ4n) is 3.46. The molecule has 1 amide bonds. The third kappa shape index (κ3) is 3.83. The Morgan fingerprint density at radius 3 is 2.54 bits per heavy atom. The normalized spacial score (nSPS) is 19.3. The number of para-hydroxylation sites is 2. The zero-order valence-electron chi connectivity index (χ0n) is 14.4. The Labute approximate surface area is 152 Å². The molecule has 1 saturated heterocycles. The first kappa shape index (κ1) is 17.9. The van der Waals surface area contributed by atoms with Crippen molar-refractivity contribution in [2.45, 2.75) is 5.92 Å². The second-order valence-electron chi connectivity index (χ2n) is 6.44. The Morgan fingerprint density at radius 1 is 1.15 bits per heavy atom. The number of amides is 1. The quantitative estimate of drug-likeness (QED) is 0.612. The summed E-state index contributed by atoms with van der Waals surface area (Å²) < 4.78 is 0. The molecule has 0 unspecified atom stereocenters. The molecule has 0 aliphatic carbocycles. The molecule has 2 aromatic carbocycles. The fraction of sp³-hybridized carbons (Fsp3) is 0.316. The minimum Gasteiger partial charge on any atom is -0.371 e. The lowest BCUT2D eigenvalue weighted by Gasteiger charge is -2.17. The Balaban J connectivity index is 1.65. The van der Waals surface area contributed by atoms with Crippen molar-refractivity contribution in [2.75, 3.05) is 31.5 Å². The highest BCUT2D eigenvalue weighted by atomic mass is 16.6. The van der Waals surface area contributed by atoms with Crippen molar-refractivity contribution in [3.63, 3.8) is 0 Å². The van der Waals surface area contributed by atoms with E-state index in [0.717, 1.165) is 0 Å². The minimum absolute atomic E-state index is 0.0175. The number of nitrogens with zero attached hydrogens (tertiary/aromatic N) is 2. The van der Waals surface area contributed by atoms with Crippen LogP contribution in [0.5, 0.6) is 0 Å². The lowest BCUT2D eigenvalue weighted by atomic mass is 9.89. The molecule has 1 aliphatic heterocycles. The largest absolute Gasteiger partial charge is 0.371 e. The van der Waals surface area contributed by atoms with E-state index in [1.54, 1.807) is 23.1 Å². The molecule has 2 atom stereocenters. The maximum absolute atomic E-state index is 12.6. The van der Waals surface area contributed by atoms with Gasteiger partial charge in [-0.15, -0.1) is 0 Å². The van der Waals surface area contributed by atoms with Crippen molar-refractivity contribution in [2.24, 2.45) is 11.7 Å². The number of carbonyl (C=O) groups excluding carboxylic acids is 1. The number of carbonyl (C=O) groups is 1. The Bertz CT molecular complexity index is 781.